The first kappa shape index (κ1) is 22.1. The first-order chi connectivity index (χ1) is 12.2. The Kier molecular flexibility index (Phi) is 8.23. The number of para-hydroxylation sites is 1. The van der Waals surface area contributed by atoms with Crippen LogP contribution in [0, 0.1) is 0 Å². The summed E-state index contributed by atoms with van der Waals surface area (Å²) in [5.74, 6) is -2.43. The maximum absolute atomic E-state index is 12.7. The zero-order valence-corrected chi connectivity index (χ0v) is 16.1. The second-order valence-electron chi connectivity index (χ2n) is 6.37. The van der Waals surface area contributed by atoms with Crippen molar-refractivity contribution in [2.75, 3.05) is 12.4 Å². The highest BCUT2D eigenvalue weighted by Gasteiger charge is 2.46. The van der Waals surface area contributed by atoms with Crippen molar-refractivity contribution in [3.05, 3.63) is 30.3 Å². The molecule has 0 saturated carbocycles. The summed E-state index contributed by atoms with van der Waals surface area (Å²) in [5, 5.41) is -0.650. The Morgan fingerprint density at radius 3 is 2.12 bits per heavy atom. The number of Topliss-reactive ketones (excluding diaryl/α,β-unsaturated/α-hetero) is 1. The smallest absolute Gasteiger partial charge is 0.246 e. The Morgan fingerprint density at radius 2 is 1.65 bits per heavy atom. The fraction of sp³-hybridized carbons (Fsp3) is 0.556. The number of benzene rings is 1. The van der Waals surface area contributed by atoms with Gasteiger partial charge in [-0.25, -0.2) is 8.42 Å². The molecule has 0 heterocycles. The average molecular weight is 384 g/mol. The molecule has 8 heteroatoms. The number of nitrogens with two attached hydrogens (primary N) is 2. The van der Waals surface area contributed by atoms with Gasteiger partial charge in [-0.3, -0.25) is 9.59 Å². The van der Waals surface area contributed by atoms with Gasteiger partial charge in [-0.05, 0) is 25.0 Å². The van der Waals surface area contributed by atoms with Gasteiger partial charge in [0.1, 0.15) is 12.4 Å². The van der Waals surface area contributed by atoms with E-state index in [0.29, 0.717) is 31.4 Å². The second kappa shape index (κ2) is 9.68. The van der Waals surface area contributed by atoms with Crippen molar-refractivity contribution in [2.24, 2.45) is 11.5 Å². The molecule has 1 aromatic carbocycles. The van der Waals surface area contributed by atoms with Crippen LogP contribution in [0.4, 0.5) is 0 Å². The first-order valence-corrected chi connectivity index (χ1v) is 10.4. The molecule has 0 aromatic heterocycles. The maximum atomic E-state index is 12.7. The molecule has 26 heavy (non-hydrogen) atoms. The van der Waals surface area contributed by atoms with Crippen molar-refractivity contribution < 1.29 is 22.7 Å². The third-order valence-electron chi connectivity index (χ3n) is 4.21. The van der Waals surface area contributed by atoms with Crippen LogP contribution in [0.25, 0.3) is 0 Å². The van der Waals surface area contributed by atoms with Crippen LogP contribution in [0.5, 0.6) is 5.75 Å². The summed E-state index contributed by atoms with van der Waals surface area (Å²) in [4.78, 5) is 24.3. The van der Waals surface area contributed by atoms with E-state index in [2.05, 4.69) is 0 Å². The van der Waals surface area contributed by atoms with E-state index in [4.69, 9.17) is 16.2 Å². The fourth-order valence-corrected chi connectivity index (χ4v) is 5.03. The lowest BCUT2D eigenvalue weighted by Gasteiger charge is -2.27. The predicted molar refractivity (Wildman–Crippen MR) is 100 cm³/mol. The highest BCUT2D eigenvalue weighted by Crippen LogP contribution is 2.20. The minimum absolute atomic E-state index is 0.408. The average Bonchev–Trinajstić information content (AvgIpc) is 2.59. The quantitative estimate of drug-likeness (QED) is 0.521. The van der Waals surface area contributed by atoms with E-state index < -0.39 is 44.7 Å². The Morgan fingerprint density at radius 1 is 1.12 bits per heavy atom. The molecule has 4 N–H and O–H groups in total. The van der Waals surface area contributed by atoms with E-state index in [0.717, 1.165) is 0 Å². The number of hydrogen-bond acceptors (Lipinski definition) is 6. The Bertz CT molecular complexity index is 700. The number of hydrogen-bond donors (Lipinski definition) is 2. The summed E-state index contributed by atoms with van der Waals surface area (Å²) in [5.41, 5.74) is 8.86. The lowest BCUT2D eigenvalue weighted by Crippen LogP contribution is -2.64. The van der Waals surface area contributed by atoms with Crippen LogP contribution in [0.15, 0.2) is 30.3 Å². The zero-order valence-electron chi connectivity index (χ0n) is 15.3. The van der Waals surface area contributed by atoms with Crippen molar-refractivity contribution in [1.82, 2.24) is 0 Å². The number of primary amides is 1. The summed E-state index contributed by atoms with van der Waals surface area (Å²) in [6.45, 7) is 3.22. The van der Waals surface area contributed by atoms with Gasteiger partial charge in [-0.2, -0.15) is 0 Å². The van der Waals surface area contributed by atoms with E-state index in [1.54, 1.807) is 30.3 Å². The van der Waals surface area contributed by atoms with Crippen LogP contribution >= 0.6 is 0 Å². The lowest BCUT2D eigenvalue weighted by molar-refractivity contribution is -0.134. The van der Waals surface area contributed by atoms with Gasteiger partial charge in [-0.1, -0.05) is 44.9 Å². The van der Waals surface area contributed by atoms with Gasteiger partial charge in [0.05, 0.1) is 11.0 Å². The highest BCUT2D eigenvalue weighted by molar-refractivity contribution is 7.92. The minimum atomic E-state index is -3.78. The summed E-state index contributed by atoms with van der Waals surface area (Å²) in [7, 11) is -3.78. The molecule has 146 valence electrons. The Labute approximate surface area is 155 Å². The normalized spacial score (nSPS) is 14.0. The first-order valence-electron chi connectivity index (χ1n) is 8.68. The van der Waals surface area contributed by atoms with Crippen LogP contribution in [-0.2, 0) is 19.4 Å². The summed E-state index contributed by atoms with van der Waals surface area (Å²) < 4.78 is 30.8. The Balaban J connectivity index is 2.96. The lowest BCUT2D eigenvalue weighted by atomic mass is 9.97. The van der Waals surface area contributed by atoms with Crippen molar-refractivity contribution >= 4 is 21.5 Å². The van der Waals surface area contributed by atoms with Crippen LogP contribution in [0.1, 0.15) is 39.5 Å². The van der Waals surface area contributed by atoms with Crippen molar-refractivity contribution in [3.8, 4) is 5.75 Å². The molecule has 0 saturated heterocycles. The van der Waals surface area contributed by atoms with Crippen molar-refractivity contribution in [2.45, 2.75) is 50.3 Å². The van der Waals surface area contributed by atoms with Crippen LogP contribution in [0.2, 0.25) is 0 Å². The number of carbonyl (C=O) groups excluding carboxylic acids is 2. The molecule has 0 unspecified atom stereocenters. The SMILES string of the molecule is CCCC(CCC)S(=O)(=O)C[C@](N)(C(N)=O)C(=O)COc1ccccc1. The van der Waals surface area contributed by atoms with Crippen LogP contribution in [-0.4, -0.2) is 43.3 Å². The number of amides is 1. The fourth-order valence-electron chi connectivity index (χ4n) is 2.67. The van der Waals surface area contributed by atoms with Gasteiger partial charge < -0.3 is 16.2 Å². The largest absolute Gasteiger partial charge is 0.486 e. The second-order valence-corrected chi connectivity index (χ2v) is 8.65. The van der Waals surface area contributed by atoms with Gasteiger partial charge in [-0.15, -0.1) is 0 Å². The van der Waals surface area contributed by atoms with E-state index in [9.17, 15) is 18.0 Å². The van der Waals surface area contributed by atoms with E-state index >= 15 is 0 Å². The van der Waals surface area contributed by atoms with Gasteiger partial charge in [0.15, 0.2) is 15.4 Å². The van der Waals surface area contributed by atoms with Crippen molar-refractivity contribution in [1.29, 1.82) is 0 Å². The topological polar surface area (TPSA) is 130 Å². The molecule has 0 spiro atoms. The standard InChI is InChI=1S/C18H28N2O5S/c1-3-8-15(9-4-2)26(23,24)13-18(20,17(19)22)16(21)12-25-14-10-6-5-7-11-14/h5-7,10-11,15H,3-4,8-9,12-13,20H2,1-2H3,(H2,19,22)/t18-/m1/s1. The highest BCUT2D eigenvalue weighted by atomic mass is 32.2. The molecule has 0 fully saturated rings. The molecule has 0 aliphatic heterocycles. The molecule has 1 rings (SSSR count). The summed E-state index contributed by atoms with van der Waals surface area (Å²) in [6, 6.07) is 8.47. The molecule has 0 bridgehead atoms. The molecule has 1 amide bonds. The number of rotatable bonds is 12. The summed E-state index contributed by atoms with van der Waals surface area (Å²) >= 11 is 0. The summed E-state index contributed by atoms with van der Waals surface area (Å²) in [6.07, 6.45) is 2.23. The van der Waals surface area contributed by atoms with Crippen LogP contribution < -0.4 is 16.2 Å². The van der Waals surface area contributed by atoms with Gasteiger partial charge in [0.2, 0.25) is 11.7 Å². The van der Waals surface area contributed by atoms with Crippen molar-refractivity contribution in [3.63, 3.8) is 0 Å². The van der Waals surface area contributed by atoms with Gasteiger partial charge in [0.25, 0.3) is 0 Å². The maximum Gasteiger partial charge on any atom is 0.246 e. The predicted octanol–water partition coefficient (Wildman–Crippen LogP) is 1.20. The van der Waals surface area contributed by atoms with E-state index in [1.807, 2.05) is 13.8 Å². The third kappa shape index (κ3) is 5.81. The number of ketones is 1. The number of carbonyl (C=O) groups is 2. The monoisotopic (exact) mass is 384 g/mol. The molecule has 0 aliphatic carbocycles. The van der Waals surface area contributed by atoms with E-state index in [1.165, 1.54) is 0 Å². The third-order valence-corrected chi connectivity index (χ3v) is 6.55. The molecule has 1 aromatic rings. The molecule has 0 radical (unpaired) electrons. The zero-order chi connectivity index (χ0) is 19.8. The molecular formula is C18H28N2O5S. The Hall–Kier alpha value is -1.93. The molecular weight excluding hydrogens is 356 g/mol. The molecule has 0 aliphatic rings. The van der Waals surface area contributed by atoms with Crippen LogP contribution in [0.3, 0.4) is 0 Å². The van der Waals surface area contributed by atoms with Gasteiger partial charge in [0, 0.05) is 0 Å². The number of sulfone groups is 1. The molecule has 7 nitrogen and oxygen atoms in total. The molecule has 1 atom stereocenters. The van der Waals surface area contributed by atoms with Gasteiger partial charge >= 0.3 is 0 Å². The number of ether oxygens (including phenoxy) is 1. The minimum Gasteiger partial charge on any atom is -0.486 e. The van der Waals surface area contributed by atoms with E-state index in [-0.39, 0.29) is 0 Å².